The molecule has 1 atom stereocenters. The molecular weight excluding hydrogens is 312 g/mol. The molecule has 0 N–H and O–H groups in total. The number of morpholine rings is 1. The van der Waals surface area contributed by atoms with Crippen molar-refractivity contribution in [2.45, 2.75) is 12.3 Å². The number of ether oxygens (including phenoxy) is 1. The molecule has 1 amide bonds. The molecular formula is C18H19ClN2O2. The van der Waals surface area contributed by atoms with E-state index in [9.17, 15) is 4.79 Å². The van der Waals surface area contributed by atoms with Gasteiger partial charge in [-0.3, -0.25) is 9.78 Å². The number of rotatable bonds is 4. The van der Waals surface area contributed by atoms with Crippen molar-refractivity contribution < 1.29 is 9.53 Å². The molecule has 2 heterocycles. The largest absolute Gasteiger partial charge is 0.378 e. The first-order chi connectivity index (χ1) is 11.2. The van der Waals surface area contributed by atoms with Gasteiger partial charge < -0.3 is 9.64 Å². The van der Waals surface area contributed by atoms with Crippen LogP contribution in [0.4, 0.5) is 0 Å². The topological polar surface area (TPSA) is 42.4 Å². The Morgan fingerprint density at radius 1 is 1.22 bits per heavy atom. The van der Waals surface area contributed by atoms with Crippen LogP contribution in [-0.4, -0.2) is 42.1 Å². The van der Waals surface area contributed by atoms with Gasteiger partial charge >= 0.3 is 0 Å². The summed E-state index contributed by atoms with van der Waals surface area (Å²) in [4.78, 5) is 19.0. The first-order valence-corrected chi connectivity index (χ1v) is 8.13. The van der Waals surface area contributed by atoms with Crippen molar-refractivity contribution in [3.05, 3.63) is 64.9 Å². The summed E-state index contributed by atoms with van der Waals surface area (Å²) < 4.78 is 5.35. The Morgan fingerprint density at radius 3 is 2.61 bits per heavy atom. The van der Waals surface area contributed by atoms with Crippen LogP contribution >= 0.6 is 11.6 Å². The van der Waals surface area contributed by atoms with Gasteiger partial charge in [0, 0.05) is 30.5 Å². The fourth-order valence-electron chi connectivity index (χ4n) is 2.80. The number of carbonyl (C=O) groups is 1. The van der Waals surface area contributed by atoms with E-state index in [-0.39, 0.29) is 11.8 Å². The molecule has 1 aromatic carbocycles. The molecule has 5 heteroatoms. The van der Waals surface area contributed by atoms with Crippen LogP contribution in [0.15, 0.2) is 48.8 Å². The van der Waals surface area contributed by atoms with Crippen LogP contribution in [-0.2, 0) is 16.0 Å². The van der Waals surface area contributed by atoms with E-state index in [1.807, 2.05) is 47.5 Å². The number of hydrogen-bond acceptors (Lipinski definition) is 3. The standard InChI is InChI=1S/C18H19ClN2O2/c19-16-5-3-15(4-6-16)17(12-14-2-1-7-20-13-14)18(22)21-8-10-23-11-9-21/h1-7,13,17H,8-12H2. The third-order valence-corrected chi connectivity index (χ3v) is 4.31. The Bertz CT molecular complexity index is 640. The predicted molar refractivity (Wildman–Crippen MR) is 89.5 cm³/mol. The van der Waals surface area contributed by atoms with Gasteiger partial charge in [-0.2, -0.15) is 0 Å². The Balaban J connectivity index is 1.85. The minimum Gasteiger partial charge on any atom is -0.378 e. The van der Waals surface area contributed by atoms with Gasteiger partial charge in [-0.25, -0.2) is 0 Å². The molecule has 0 bridgehead atoms. The van der Waals surface area contributed by atoms with Crippen LogP contribution in [0.1, 0.15) is 17.0 Å². The summed E-state index contributed by atoms with van der Waals surface area (Å²) in [6, 6.07) is 11.4. The second kappa shape index (κ2) is 7.57. The maximum Gasteiger partial charge on any atom is 0.230 e. The maximum absolute atomic E-state index is 13.0. The van der Waals surface area contributed by atoms with E-state index in [1.165, 1.54) is 0 Å². The van der Waals surface area contributed by atoms with Crippen LogP contribution in [0, 0.1) is 0 Å². The lowest BCUT2D eigenvalue weighted by molar-refractivity contribution is -0.136. The number of benzene rings is 1. The first kappa shape index (κ1) is 16.0. The highest BCUT2D eigenvalue weighted by atomic mass is 35.5. The van der Waals surface area contributed by atoms with Crippen molar-refractivity contribution >= 4 is 17.5 Å². The normalized spacial score (nSPS) is 16.1. The zero-order chi connectivity index (χ0) is 16.1. The monoisotopic (exact) mass is 330 g/mol. The highest BCUT2D eigenvalue weighted by molar-refractivity contribution is 6.30. The second-order valence-electron chi connectivity index (χ2n) is 5.61. The molecule has 1 aromatic heterocycles. The molecule has 0 saturated carbocycles. The van der Waals surface area contributed by atoms with Crippen LogP contribution in [0.2, 0.25) is 5.02 Å². The third-order valence-electron chi connectivity index (χ3n) is 4.06. The molecule has 1 aliphatic heterocycles. The van der Waals surface area contributed by atoms with Gasteiger partial charge in [-0.15, -0.1) is 0 Å². The second-order valence-corrected chi connectivity index (χ2v) is 6.04. The van der Waals surface area contributed by atoms with Crippen molar-refractivity contribution in [2.24, 2.45) is 0 Å². The van der Waals surface area contributed by atoms with Crippen molar-refractivity contribution in [2.75, 3.05) is 26.3 Å². The van der Waals surface area contributed by atoms with E-state index in [4.69, 9.17) is 16.3 Å². The summed E-state index contributed by atoms with van der Waals surface area (Å²) in [5.74, 6) is -0.0888. The van der Waals surface area contributed by atoms with Gasteiger partial charge in [-0.1, -0.05) is 29.8 Å². The van der Waals surface area contributed by atoms with Gasteiger partial charge in [0.05, 0.1) is 19.1 Å². The number of pyridine rings is 1. The molecule has 0 spiro atoms. The molecule has 1 unspecified atom stereocenters. The predicted octanol–water partition coefficient (Wildman–Crippen LogP) is 2.92. The van der Waals surface area contributed by atoms with Crippen molar-refractivity contribution in [1.29, 1.82) is 0 Å². The van der Waals surface area contributed by atoms with Crippen molar-refractivity contribution in [3.63, 3.8) is 0 Å². The smallest absolute Gasteiger partial charge is 0.230 e. The Kier molecular flexibility index (Phi) is 5.26. The van der Waals surface area contributed by atoms with E-state index in [1.54, 1.807) is 6.20 Å². The van der Waals surface area contributed by atoms with Crippen molar-refractivity contribution in [3.8, 4) is 0 Å². The number of carbonyl (C=O) groups excluding carboxylic acids is 1. The average molecular weight is 331 g/mol. The van der Waals surface area contributed by atoms with Gasteiger partial charge in [0.2, 0.25) is 5.91 Å². The quantitative estimate of drug-likeness (QED) is 0.865. The number of halogens is 1. The van der Waals surface area contributed by atoms with Gasteiger partial charge in [-0.05, 0) is 35.7 Å². The summed E-state index contributed by atoms with van der Waals surface area (Å²) in [7, 11) is 0. The van der Waals surface area contributed by atoms with E-state index in [0.29, 0.717) is 37.7 Å². The summed E-state index contributed by atoms with van der Waals surface area (Å²) in [6.45, 7) is 2.50. The van der Waals surface area contributed by atoms with Gasteiger partial charge in [0.1, 0.15) is 0 Å². The lowest BCUT2D eigenvalue weighted by atomic mass is 9.91. The molecule has 1 saturated heterocycles. The molecule has 0 aliphatic carbocycles. The SMILES string of the molecule is O=C(C(Cc1cccnc1)c1ccc(Cl)cc1)N1CCOCC1. The lowest BCUT2D eigenvalue weighted by Crippen LogP contribution is -2.43. The van der Waals surface area contributed by atoms with Gasteiger partial charge in [0.15, 0.2) is 0 Å². The minimum atomic E-state index is -0.227. The number of hydrogen-bond donors (Lipinski definition) is 0. The number of nitrogens with zero attached hydrogens (tertiary/aromatic N) is 2. The van der Waals surface area contributed by atoms with E-state index in [0.717, 1.165) is 11.1 Å². The highest BCUT2D eigenvalue weighted by Crippen LogP contribution is 2.25. The summed E-state index contributed by atoms with van der Waals surface area (Å²) in [5, 5.41) is 0.674. The van der Waals surface area contributed by atoms with Crippen LogP contribution in [0.25, 0.3) is 0 Å². The fraction of sp³-hybridized carbons (Fsp3) is 0.333. The fourth-order valence-corrected chi connectivity index (χ4v) is 2.93. The third kappa shape index (κ3) is 4.09. The van der Waals surface area contributed by atoms with E-state index >= 15 is 0 Å². The average Bonchev–Trinajstić information content (AvgIpc) is 2.62. The van der Waals surface area contributed by atoms with E-state index < -0.39 is 0 Å². The zero-order valence-electron chi connectivity index (χ0n) is 12.8. The number of aromatic nitrogens is 1. The lowest BCUT2D eigenvalue weighted by Gasteiger charge is -2.30. The Morgan fingerprint density at radius 2 is 1.96 bits per heavy atom. The minimum absolute atomic E-state index is 0.138. The van der Waals surface area contributed by atoms with Gasteiger partial charge in [0.25, 0.3) is 0 Å². The molecule has 1 fully saturated rings. The van der Waals surface area contributed by atoms with E-state index in [2.05, 4.69) is 4.98 Å². The molecule has 120 valence electrons. The van der Waals surface area contributed by atoms with Crippen LogP contribution in [0.5, 0.6) is 0 Å². The molecule has 2 aromatic rings. The molecule has 0 radical (unpaired) electrons. The molecule has 1 aliphatic rings. The molecule has 3 rings (SSSR count). The first-order valence-electron chi connectivity index (χ1n) is 7.75. The Labute approximate surface area is 141 Å². The molecule has 4 nitrogen and oxygen atoms in total. The zero-order valence-corrected chi connectivity index (χ0v) is 13.6. The van der Waals surface area contributed by atoms with Crippen molar-refractivity contribution in [1.82, 2.24) is 9.88 Å². The summed E-state index contributed by atoms with van der Waals surface area (Å²) in [5.41, 5.74) is 2.03. The summed E-state index contributed by atoms with van der Waals surface area (Å²) >= 11 is 5.98. The molecule has 23 heavy (non-hydrogen) atoms. The maximum atomic E-state index is 13.0. The number of amides is 1. The highest BCUT2D eigenvalue weighted by Gasteiger charge is 2.27. The van der Waals surface area contributed by atoms with Crippen LogP contribution in [0.3, 0.4) is 0 Å². The van der Waals surface area contributed by atoms with Crippen LogP contribution < -0.4 is 0 Å². The summed E-state index contributed by atoms with van der Waals surface area (Å²) in [6.07, 6.45) is 4.19. The Hall–Kier alpha value is -1.91.